The van der Waals surface area contributed by atoms with Crippen LogP contribution in [0.5, 0.6) is 5.75 Å². The monoisotopic (exact) mass is 519 g/mol. The van der Waals surface area contributed by atoms with Crippen molar-refractivity contribution >= 4 is 23.1 Å². The van der Waals surface area contributed by atoms with Crippen LogP contribution >= 0.6 is 11.6 Å². The van der Waals surface area contributed by atoms with E-state index in [1.807, 2.05) is 6.92 Å². The first-order chi connectivity index (χ1) is 17.2. The normalized spacial score (nSPS) is 24.9. The molecular formula is C26H32ClF2N5O2. The number of hydrogen-bond donors (Lipinski definition) is 1. The lowest BCUT2D eigenvalue weighted by molar-refractivity contribution is -0.0475. The Labute approximate surface area is 215 Å². The van der Waals surface area contributed by atoms with Crippen LogP contribution in [0.25, 0.3) is 5.57 Å². The Morgan fingerprint density at radius 1 is 1.25 bits per heavy atom. The van der Waals surface area contributed by atoms with Crippen molar-refractivity contribution in [2.75, 3.05) is 19.6 Å². The fourth-order valence-corrected chi connectivity index (χ4v) is 5.20. The third-order valence-corrected chi connectivity index (χ3v) is 7.19. The third-order valence-electron chi connectivity index (χ3n) is 6.99. The number of carbonyl (C=O) groups is 1. The summed E-state index contributed by atoms with van der Waals surface area (Å²) >= 11 is 5.87. The lowest BCUT2D eigenvalue weighted by atomic mass is 9.90. The maximum Gasteiger partial charge on any atom is 0.258 e. The fraction of sp³-hybridized carbons (Fsp3) is 0.500. The zero-order valence-electron chi connectivity index (χ0n) is 20.8. The zero-order valence-corrected chi connectivity index (χ0v) is 21.5. The van der Waals surface area contributed by atoms with Crippen molar-refractivity contribution in [3.05, 3.63) is 58.5 Å². The smallest absolute Gasteiger partial charge is 0.258 e. The summed E-state index contributed by atoms with van der Waals surface area (Å²) in [6.07, 6.45) is 3.10. The molecule has 2 aliphatic heterocycles. The summed E-state index contributed by atoms with van der Waals surface area (Å²) in [7, 11) is 0. The molecule has 0 saturated carbocycles. The van der Waals surface area contributed by atoms with Gasteiger partial charge >= 0.3 is 0 Å². The second-order valence-electron chi connectivity index (χ2n) is 9.41. The average molecular weight is 520 g/mol. The summed E-state index contributed by atoms with van der Waals surface area (Å²) in [5.74, 6) is -0.527. The Balaban J connectivity index is 1.54. The molecule has 2 aromatic rings. The quantitative estimate of drug-likeness (QED) is 0.581. The number of benzene rings is 1. The number of nitrogens with two attached hydrogens (primary N) is 1. The third kappa shape index (κ3) is 5.32. The largest absolute Gasteiger partial charge is 0.486 e. The molecule has 0 aliphatic carbocycles. The Bertz CT molecular complexity index is 1130. The van der Waals surface area contributed by atoms with Crippen LogP contribution in [0.15, 0.2) is 36.3 Å². The predicted octanol–water partition coefficient (Wildman–Crippen LogP) is 4.46. The Hall–Kier alpha value is -2.78. The molecule has 2 aliphatic rings. The number of hydrogen-bond acceptors (Lipinski definition) is 6. The van der Waals surface area contributed by atoms with E-state index in [1.54, 1.807) is 0 Å². The minimum absolute atomic E-state index is 0.0356. The van der Waals surface area contributed by atoms with Gasteiger partial charge in [-0.25, -0.2) is 18.7 Å². The van der Waals surface area contributed by atoms with Gasteiger partial charge in [0.2, 0.25) is 0 Å². The van der Waals surface area contributed by atoms with Gasteiger partial charge in [-0.05, 0) is 38.4 Å². The average Bonchev–Trinajstić information content (AvgIpc) is 3.25. The van der Waals surface area contributed by atoms with Crippen molar-refractivity contribution in [3.63, 3.8) is 0 Å². The molecule has 3 heterocycles. The van der Waals surface area contributed by atoms with E-state index in [1.165, 1.54) is 29.4 Å². The van der Waals surface area contributed by atoms with E-state index in [0.717, 1.165) is 25.5 Å². The van der Waals surface area contributed by atoms with Crippen molar-refractivity contribution in [3.8, 4) is 5.75 Å². The van der Waals surface area contributed by atoms with Crippen LogP contribution in [-0.2, 0) is 0 Å². The number of carbonyl (C=O) groups excluding carboxylic acids is 1. The molecule has 4 unspecified atom stereocenters. The standard InChI is InChI=1S/C26H32ClF2N5O2/c1-4-8-34-15(3)24(29)23(10-18(34)5-2)36-22-9-17(28)6-7-19(22)26(35)33-13-20(21(30)14-33)25-31-11-16(27)12-32-25/h6-7,9,11-12,15,18,23-24H,4-5,8,10,13-14,30H2,1-3H3. The first-order valence-electron chi connectivity index (χ1n) is 12.3. The van der Waals surface area contributed by atoms with E-state index in [2.05, 4.69) is 28.7 Å². The molecule has 1 aromatic carbocycles. The maximum atomic E-state index is 15.5. The van der Waals surface area contributed by atoms with Gasteiger partial charge in [-0.15, -0.1) is 0 Å². The molecule has 1 amide bonds. The van der Waals surface area contributed by atoms with Gasteiger partial charge in [-0.1, -0.05) is 25.4 Å². The van der Waals surface area contributed by atoms with Gasteiger partial charge in [0.1, 0.15) is 17.7 Å². The highest BCUT2D eigenvalue weighted by Crippen LogP contribution is 2.33. The van der Waals surface area contributed by atoms with E-state index in [4.69, 9.17) is 22.1 Å². The second kappa shape index (κ2) is 11.1. The molecule has 1 fully saturated rings. The lowest BCUT2D eigenvalue weighted by Gasteiger charge is -2.45. The van der Waals surface area contributed by atoms with Gasteiger partial charge in [0.15, 0.2) is 12.0 Å². The molecular weight excluding hydrogens is 488 g/mol. The molecule has 0 bridgehead atoms. The zero-order chi connectivity index (χ0) is 26.0. The molecule has 194 valence electrons. The van der Waals surface area contributed by atoms with Crippen LogP contribution < -0.4 is 10.5 Å². The van der Waals surface area contributed by atoms with Crippen LogP contribution in [0.3, 0.4) is 0 Å². The van der Waals surface area contributed by atoms with E-state index < -0.39 is 24.0 Å². The van der Waals surface area contributed by atoms with Crippen LogP contribution in [0, 0.1) is 5.82 Å². The van der Waals surface area contributed by atoms with E-state index >= 15 is 4.39 Å². The van der Waals surface area contributed by atoms with Gasteiger partial charge in [-0.3, -0.25) is 9.69 Å². The number of piperidine rings is 1. The molecule has 2 N–H and O–H groups in total. The number of amides is 1. The van der Waals surface area contributed by atoms with Crippen LogP contribution in [0.4, 0.5) is 8.78 Å². The van der Waals surface area contributed by atoms with Gasteiger partial charge < -0.3 is 15.4 Å². The minimum Gasteiger partial charge on any atom is -0.486 e. The molecule has 1 saturated heterocycles. The van der Waals surface area contributed by atoms with Crippen LogP contribution in [-0.4, -0.2) is 69.7 Å². The predicted molar refractivity (Wildman–Crippen MR) is 135 cm³/mol. The van der Waals surface area contributed by atoms with Crippen molar-refractivity contribution < 1.29 is 18.3 Å². The first-order valence-corrected chi connectivity index (χ1v) is 12.7. The fourth-order valence-electron chi connectivity index (χ4n) is 5.10. The molecule has 0 spiro atoms. The highest BCUT2D eigenvalue weighted by Gasteiger charge is 2.42. The van der Waals surface area contributed by atoms with E-state index in [9.17, 15) is 9.18 Å². The topological polar surface area (TPSA) is 84.6 Å². The molecule has 1 aromatic heterocycles. The molecule has 36 heavy (non-hydrogen) atoms. The van der Waals surface area contributed by atoms with Crippen molar-refractivity contribution in [2.45, 2.75) is 64.4 Å². The summed E-state index contributed by atoms with van der Waals surface area (Å²) in [6, 6.07) is 3.53. The van der Waals surface area contributed by atoms with Crippen LogP contribution in [0.2, 0.25) is 5.02 Å². The second-order valence-corrected chi connectivity index (χ2v) is 9.84. The molecule has 0 radical (unpaired) electrons. The minimum atomic E-state index is -1.27. The highest BCUT2D eigenvalue weighted by molar-refractivity contribution is 6.30. The van der Waals surface area contributed by atoms with Crippen molar-refractivity contribution in [2.24, 2.45) is 5.73 Å². The van der Waals surface area contributed by atoms with Gasteiger partial charge in [0, 0.05) is 48.2 Å². The Kier molecular flexibility index (Phi) is 8.10. The van der Waals surface area contributed by atoms with Crippen LogP contribution in [0.1, 0.15) is 56.2 Å². The molecule has 10 heteroatoms. The van der Waals surface area contributed by atoms with Gasteiger partial charge in [-0.2, -0.15) is 0 Å². The van der Waals surface area contributed by atoms with E-state index in [-0.39, 0.29) is 36.5 Å². The number of ether oxygens (including phenoxy) is 1. The Morgan fingerprint density at radius 2 is 1.97 bits per heavy atom. The molecule has 4 rings (SSSR count). The number of aromatic nitrogens is 2. The number of rotatable bonds is 7. The molecule has 7 nitrogen and oxygen atoms in total. The van der Waals surface area contributed by atoms with Crippen molar-refractivity contribution in [1.82, 2.24) is 19.8 Å². The number of likely N-dealkylation sites (tertiary alicyclic amines) is 1. The van der Waals surface area contributed by atoms with Gasteiger partial charge in [0.05, 0.1) is 23.7 Å². The number of alkyl halides is 1. The molecule has 4 atom stereocenters. The summed E-state index contributed by atoms with van der Waals surface area (Å²) in [5.41, 5.74) is 7.44. The SMILES string of the molecule is CCCN1C(CC)CC(Oc2cc(F)ccc2C(=O)N2CC(N)=C(c3ncc(Cl)cn3)C2)C(F)C1C. The number of halogens is 3. The number of nitrogens with zero attached hydrogens (tertiary/aromatic N) is 4. The first kappa shape index (κ1) is 26.3. The maximum absolute atomic E-state index is 15.5. The summed E-state index contributed by atoms with van der Waals surface area (Å²) in [5, 5.41) is 0.392. The van der Waals surface area contributed by atoms with Crippen molar-refractivity contribution in [1.29, 1.82) is 0 Å². The summed E-state index contributed by atoms with van der Waals surface area (Å²) < 4.78 is 35.8. The summed E-state index contributed by atoms with van der Waals surface area (Å²) in [4.78, 5) is 25.6. The Morgan fingerprint density at radius 3 is 2.64 bits per heavy atom. The van der Waals surface area contributed by atoms with Gasteiger partial charge in [0.25, 0.3) is 5.91 Å². The summed E-state index contributed by atoms with van der Waals surface area (Å²) in [6.45, 7) is 7.14. The lowest BCUT2D eigenvalue weighted by Crippen LogP contribution is -2.57. The highest BCUT2D eigenvalue weighted by atomic mass is 35.5. The van der Waals surface area contributed by atoms with E-state index in [0.29, 0.717) is 28.5 Å².